The molecule has 0 aliphatic heterocycles. The van der Waals surface area contributed by atoms with Gasteiger partial charge < -0.3 is 9.52 Å². The summed E-state index contributed by atoms with van der Waals surface area (Å²) in [6.07, 6.45) is 0. The first kappa shape index (κ1) is 10.7. The van der Waals surface area contributed by atoms with Crippen molar-refractivity contribution in [3.05, 3.63) is 40.2 Å². The quantitative estimate of drug-likeness (QED) is 0.692. The Hall–Kier alpha value is -1.77. The fourth-order valence-corrected chi connectivity index (χ4v) is 1.62. The molecule has 0 bridgehead atoms. The van der Waals surface area contributed by atoms with E-state index < -0.39 is 0 Å². The molecular formula is C13H14O3. The third kappa shape index (κ3) is 1.81. The number of fused-ring (bicyclic) bond motifs is 1. The first-order valence-electron chi connectivity index (χ1n) is 5.15. The Bertz CT molecular complexity index is 588. The van der Waals surface area contributed by atoms with Gasteiger partial charge >= 0.3 is 5.63 Å². The summed E-state index contributed by atoms with van der Waals surface area (Å²) in [5.41, 5.74) is 0.474. The summed E-state index contributed by atoms with van der Waals surface area (Å²) in [4.78, 5) is 11.7. The van der Waals surface area contributed by atoms with Crippen molar-refractivity contribution >= 4 is 11.0 Å². The molecule has 1 aromatic carbocycles. The zero-order valence-electron chi connectivity index (χ0n) is 9.57. The lowest BCUT2D eigenvalue weighted by Crippen LogP contribution is -2.21. The Morgan fingerprint density at radius 2 is 1.88 bits per heavy atom. The van der Waals surface area contributed by atoms with Crippen LogP contribution in [-0.4, -0.2) is 5.11 Å². The van der Waals surface area contributed by atoms with Gasteiger partial charge in [0.05, 0.1) is 0 Å². The van der Waals surface area contributed by atoms with Gasteiger partial charge in [0.2, 0.25) is 0 Å². The summed E-state index contributed by atoms with van der Waals surface area (Å²) in [6, 6.07) is 6.58. The number of hydrogen-bond acceptors (Lipinski definition) is 3. The summed E-state index contributed by atoms with van der Waals surface area (Å²) in [6.45, 7) is 5.89. The molecule has 2 rings (SSSR count). The number of phenols is 1. The number of rotatable bonds is 0. The molecule has 0 aliphatic carbocycles. The van der Waals surface area contributed by atoms with Crippen LogP contribution >= 0.6 is 0 Å². The zero-order valence-corrected chi connectivity index (χ0v) is 9.57. The standard InChI is InChI=1S/C13H14O3/c1-13(2,3)10-6-8-4-5-9(14)7-11(8)16-12(10)15/h4-7,14H,1-3H3. The van der Waals surface area contributed by atoms with E-state index in [0.717, 1.165) is 5.39 Å². The van der Waals surface area contributed by atoms with Gasteiger partial charge in [-0.1, -0.05) is 20.8 Å². The lowest BCUT2D eigenvalue weighted by Gasteiger charge is -2.17. The highest BCUT2D eigenvalue weighted by Crippen LogP contribution is 2.24. The number of phenolic OH excluding ortho intramolecular Hbond substituents is 1. The van der Waals surface area contributed by atoms with E-state index in [-0.39, 0.29) is 16.8 Å². The van der Waals surface area contributed by atoms with Gasteiger partial charge in [0.1, 0.15) is 11.3 Å². The molecule has 3 heteroatoms. The fraction of sp³-hybridized carbons (Fsp3) is 0.308. The average Bonchev–Trinajstić information content (AvgIpc) is 2.14. The van der Waals surface area contributed by atoms with Crippen LogP contribution in [0.25, 0.3) is 11.0 Å². The smallest absolute Gasteiger partial charge is 0.339 e. The first-order chi connectivity index (χ1) is 7.38. The van der Waals surface area contributed by atoms with E-state index >= 15 is 0 Å². The zero-order chi connectivity index (χ0) is 11.9. The van der Waals surface area contributed by atoms with E-state index in [4.69, 9.17) is 4.42 Å². The van der Waals surface area contributed by atoms with Gasteiger partial charge in [-0.3, -0.25) is 0 Å². The van der Waals surface area contributed by atoms with E-state index in [0.29, 0.717) is 11.1 Å². The molecule has 0 saturated heterocycles. The summed E-state index contributed by atoms with van der Waals surface area (Å²) in [5, 5.41) is 10.1. The lowest BCUT2D eigenvalue weighted by atomic mass is 9.88. The molecular weight excluding hydrogens is 204 g/mol. The molecule has 0 radical (unpaired) electrons. The van der Waals surface area contributed by atoms with Crippen molar-refractivity contribution in [2.24, 2.45) is 0 Å². The highest BCUT2D eigenvalue weighted by molar-refractivity contribution is 5.78. The molecule has 0 saturated carbocycles. The SMILES string of the molecule is CC(C)(C)c1cc2ccc(O)cc2oc1=O. The van der Waals surface area contributed by atoms with Gasteiger partial charge in [0.25, 0.3) is 0 Å². The predicted octanol–water partition coefficient (Wildman–Crippen LogP) is 2.80. The van der Waals surface area contributed by atoms with Crippen molar-refractivity contribution < 1.29 is 9.52 Å². The van der Waals surface area contributed by atoms with Gasteiger partial charge in [-0.15, -0.1) is 0 Å². The van der Waals surface area contributed by atoms with Crippen LogP contribution in [0.15, 0.2) is 33.5 Å². The van der Waals surface area contributed by atoms with Crippen LogP contribution in [0.2, 0.25) is 0 Å². The van der Waals surface area contributed by atoms with Crippen LogP contribution in [0.4, 0.5) is 0 Å². The summed E-state index contributed by atoms with van der Waals surface area (Å²) < 4.78 is 5.18. The number of hydrogen-bond donors (Lipinski definition) is 1. The molecule has 0 unspecified atom stereocenters. The largest absolute Gasteiger partial charge is 0.508 e. The predicted molar refractivity (Wildman–Crippen MR) is 62.8 cm³/mol. The Morgan fingerprint density at radius 3 is 2.50 bits per heavy atom. The minimum absolute atomic E-state index is 0.0964. The maximum absolute atomic E-state index is 11.7. The van der Waals surface area contributed by atoms with Gasteiger partial charge in [0, 0.05) is 17.0 Å². The fourth-order valence-electron chi connectivity index (χ4n) is 1.62. The van der Waals surface area contributed by atoms with E-state index in [1.165, 1.54) is 6.07 Å². The van der Waals surface area contributed by atoms with Gasteiger partial charge in [-0.05, 0) is 23.6 Å². The summed E-state index contributed by atoms with van der Waals surface area (Å²) in [5.74, 6) is 0.0964. The van der Waals surface area contributed by atoms with Crippen LogP contribution in [-0.2, 0) is 5.41 Å². The molecule has 1 aromatic heterocycles. The maximum Gasteiger partial charge on any atom is 0.339 e. The van der Waals surface area contributed by atoms with Crippen molar-refractivity contribution in [3.8, 4) is 5.75 Å². The molecule has 0 fully saturated rings. The molecule has 84 valence electrons. The monoisotopic (exact) mass is 218 g/mol. The van der Waals surface area contributed by atoms with E-state index in [9.17, 15) is 9.90 Å². The van der Waals surface area contributed by atoms with Gasteiger partial charge in [-0.25, -0.2) is 4.79 Å². The Morgan fingerprint density at radius 1 is 1.19 bits per heavy atom. The van der Waals surface area contributed by atoms with E-state index in [1.807, 2.05) is 26.8 Å². The van der Waals surface area contributed by atoms with Crippen LogP contribution in [0.3, 0.4) is 0 Å². The van der Waals surface area contributed by atoms with E-state index in [1.54, 1.807) is 12.1 Å². The van der Waals surface area contributed by atoms with Crippen LogP contribution < -0.4 is 5.63 Å². The Labute approximate surface area is 93.3 Å². The van der Waals surface area contributed by atoms with Crippen LogP contribution in [0, 0.1) is 0 Å². The molecule has 16 heavy (non-hydrogen) atoms. The molecule has 2 aromatic rings. The van der Waals surface area contributed by atoms with Gasteiger partial charge in [0.15, 0.2) is 0 Å². The Balaban J connectivity index is 2.78. The second-order valence-electron chi connectivity index (χ2n) is 4.92. The van der Waals surface area contributed by atoms with Crippen LogP contribution in [0.5, 0.6) is 5.75 Å². The third-order valence-electron chi connectivity index (χ3n) is 2.53. The van der Waals surface area contributed by atoms with Gasteiger partial charge in [-0.2, -0.15) is 0 Å². The van der Waals surface area contributed by atoms with Crippen molar-refractivity contribution in [1.82, 2.24) is 0 Å². The minimum Gasteiger partial charge on any atom is -0.508 e. The maximum atomic E-state index is 11.7. The normalized spacial score (nSPS) is 11.9. The van der Waals surface area contributed by atoms with E-state index in [2.05, 4.69) is 0 Å². The number of benzene rings is 1. The molecule has 0 aliphatic rings. The second kappa shape index (κ2) is 3.37. The van der Waals surface area contributed by atoms with Crippen molar-refractivity contribution in [2.75, 3.05) is 0 Å². The molecule has 1 heterocycles. The van der Waals surface area contributed by atoms with Crippen molar-refractivity contribution in [1.29, 1.82) is 0 Å². The first-order valence-corrected chi connectivity index (χ1v) is 5.15. The third-order valence-corrected chi connectivity index (χ3v) is 2.53. The molecule has 3 nitrogen and oxygen atoms in total. The number of aromatic hydroxyl groups is 1. The molecule has 0 spiro atoms. The molecule has 0 atom stereocenters. The Kier molecular flexibility index (Phi) is 2.26. The highest BCUT2D eigenvalue weighted by Gasteiger charge is 2.19. The highest BCUT2D eigenvalue weighted by atomic mass is 16.4. The van der Waals surface area contributed by atoms with Crippen LogP contribution in [0.1, 0.15) is 26.3 Å². The molecule has 0 amide bonds. The topological polar surface area (TPSA) is 50.4 Å². The summed E-state index contributed by atoms with van der Waals surface area (Å²) >= 11 is 0. The average molecular weight is 218 g/mol. The summed E-state index contributed by atoms with van der Waals surface area (Å²) in [7, 11) is 0. The lowest BCUT2D eigenvalue weighted by molar-refractivity contribution is 0.470. The van der Waals surface area contributed by atoms with Crippen molar-refractivity contribution in [2.45, 2.75) is 26.2 Å². The second-order valence-corrected chi connectivity index (χ2v) is 4.92. The molecule has 1 N–H and O–H groups in total. The van der Waals surface area contributed by atoms with Crippen molar-refractivity contribution in [3.63, 3.8) is 0 Å². The minimum atomic E-state index is -0.342.